The Hall–Kier alpha value is -2.11. The van der Waals surface area contributed by atoms with Crippen LogP contribution in [-0.4, -0.2) is 22.7 Å². The molecule has 6 heteroatoms. The fourth-order valence-corrected chi connectivity index (χ4v) is 2.23. The minimum Gasteiger partial charge on any atom is -0.394 e. The second-order valence-electron chi connectivity index (χ2n) is 4.63. The van der Waals surface area contributed by atoms with Crippen molar-refractivity contribution in [1.82, 2.24) is 0 Å². The summed E-state index contributed by atoms with van der Waals surface area (Å²) in [6, 6.07) is 13.6. The quantitative estimate of drug-likeness (QED) is 0.634. The van der Waals surface area contributed by atoms with Crippen LogP contribution in [0.15, 0.2) is 48.5 Å². The van der Waals surface area contributed by atoms with Crippen LogP contribution in [0.2, 0.25) is 5.02 Å². The van der Waals surface area contributed by atoms with Crippen molar-refractivity contribution in [3.8, 4) is 0 Å². The first-order chi connectivity index (χ1) is 10.1. The smallest absolute Gasteiger partial charge is 0.292 e. The Morgan fingerprint density at radius 3 is 2.57 bits per heavy atom. The van der Waals surface area contributed by atoms with Crippen LogP contribution in [-0.2, 0) is 6.42 Å². The number of hydrogen-bond donors (Lipinski definition) is 2. The van der Waals surface area contributed by atoms with Gasteiger partial charge in [-0.05, 0) is 24.1 Å². The molecule has 0 saturated carbocycles. The van der Waals surface area contributed by atoms with E-state index in [-0.39, 0.29) is 18.3 Å². The van der Waals surface area contributed by atoms with E-state index in [0.29, 0.717) is 17.1 Å². The molecule has 2 aromatic carbocycles. The Morgan fingerprint density at radius 2 is 1.95 bits per heavy atom. The summed E-state index contributed by atoms with van der Waals surface area (Å²) in [5, 5.41) is 23.9. The summed E-state index contributed by atoms with van der Waals surface area (Å²) in [5.41, 5.74) is 1.28. The number of nitro groups is 1. The van der Waals surface area contributed by atoms with Gasteiger partial charge in [0.15, 0.2) is 0 Å². The van der Waals surface area contributed by atoms with Crippen molar-refractivity contribution < 1.29 is 10.0 Å². The second-order valence-corrected chi connectivity index (χ2v) is 5.07. The highest BCUT2D eigenvalue weighted by Crippen LogP contribution is 2.28. The summed E-state index contributed by atoms with van der Waals surface area (Å²) in [6.45, 7) is -0.140. The van der Waals surface area contributed by atoms with Gasteiger partial charge in [0, 0.05) is 11.1 Å². The highest BCUT2D eigenvalue weighted by Gasteiger charge is 2.17. The Labute approximate surface area is 127 Å². The molecule has 1 unspecified atom stereocenters. The van der Waals surface area contributed by atoms with E-state index in [2.05, 4.69) is 5.32 Å². The van der Waals surface area contributed by atoms with Crippen LogP contribution < -0.4 is 5.32 Å². The molecular formula is C15H15ClN2O3. The van der Waals surface area contributed by atoms with Crippen LogP contribution >= 0.6 is 11.6 Å². The van der Waals surface area contributed by atoms with E-state index in [1.807, 2.05) is 30.3 Å². The maximum absolute atomic E-state index is 11.0. The maximum atomic E-state index is 11.0. The van der Waals surface area contributed by atoms with Crippen LogP contribution in [0, 0.1) is 10.1 Å². The van der Waals surface area contributed by atoms with Crippen LogP contribution in [0.4, 0.5) is 11.4 Å². The van der Waals surface area contributed by atoms with E-state index >= 15 is 0 Å². The molecule has 0 aliphatic carbocycles. The molecule has 2 N–H and O–H groups in total. The summed E-state index contributed by atoms with van der Waals surface area (Å²) in [7, 11) is 0. The van der Waals surface area contributed by atoms with Crippen molar-refractivity contribution in [2.24, 2.45) is 0 Å². The molecule has 5 nitrogen and oxygen atoms in total. The van der Waals surface area contributed by atoms with Gasteiger partial charge >= 0.3 is 0 Å². The molecular weight excluding hydrogens is 292 g/mol. The predicted octanol–water partition coefficient (Wildman–Crippen LogP) is 3.26. The number of benzene rings is 2. The average molecular weight is 307 g/mol. The van der Waals surface area contributed by atoms with E-state index in [1.54, 1.807) is 0 Å². The van der Waals surface area contributed by atoms with Crippen LogP contribution in [0.1, 0.15) is 5.56 Å². The van der Waals surface area contributed by atoms with Gasteiger partial charge in [-0.1, -0.05) is 41.9 Å². The van der Waals surface area contributed by atoms with Gasteiger partial charge in [-0.15, -0.1) is 0 Å². The summed E-state index contributed by atoms with van der Waals surface area (Å²) in [5.74, 6) is 0. The minimum atomic E-state index is -0.477. The van der Waals surface area contributed by atoms with Gasteiger partial charge in [0.2, 0.25) is 0 Å². The van der Waals surface area contributed by atoms with E-state index in [1.165, 1.54) is 18.2 Å². The monoisotopic (exact) mass is 306 g/mol. The standard InChI is InChI=1S/C15H15ClN2O3/c16-12-6-7-15(18(20)21)14(9-12)17-13(10-19)8-11-4-2-1-3-5-11/h1-7,9,13,17,19H,8,10H2. The molecule has 0 spiro atoms. The third kappa shape index (κ3) is 4.18. The number of nitro benzene ring substituents is 1. The molecule has 110 valence electrons. The first-order valence-electron chi connectivity index (χ1n) is 6.45. The fraction of sp³-hybridized carbons (Fsp3) is 0.200. The molecule has 0 aromatic heterocycles. The number of anilines is 1. The Kier molecular flexibility index (Phi) is 5.14. The van der Waals surface area contributed by atoms with Crippen molar-refractivity contribution in [3.05, 3.63) is 69.2 Å². The van der Waals surface area contributed by atoms with Crippen molar-refractivity contribution in [3.63, 3.8) is 0 Å². The second kappa shape index (κ2) is 7.06. The lowest BCUT2D eigenvalue weighted by molar-refractivity contribution is -0.384. The molecule has 0 fully saturated rings. The SMILES string of the molecule is O=[N+]([O-])c1ccc(Cl)cc1NC(CO)Cc1ccccc1. The topological polar surface area (TPSA) is 75.4 Å². The Morgan fingerprint density at radius 1 is 1.24 bits per heavy atom. The molecule has 0 heterocycles. The Balaban J connectivity index is 2.18. The molecule has 0 aliphatic heterocycles. The van der Waals surface area contributed by atoms with Gasteiger partial charge in [0.25, 0.3) is 5.69 Å². The van der Waals surface area contributed by atoms with Crippen molar-refractivity contribution >= 4 is 23.0 Å². The molecule has 0 radical (unpaired) electrons. The molecule has 0 bridgehead atoms. The molecule has 21 heavy (non-hydrogen) atoms. The van der Waals surface area contributed by atoms with Crippen molar-refractivity contribution in [2.45, 2.75) is 12.5 Å². The molecule has 2 aromatic rings. The summed E-state index contributed by atoms with van der Waals surface area (Å²) >= 11 is 5.88. The van der Waals surface area contributed by atoms with Gasteiger partial charge in [0.1, 0.15) is 5.69 Å². The maximum Gasteiger partial charge on any atom is 0.292 e. The van der Waals surface area contributed by atoms with E-state index in [0.717, 1.165) is 5.56 Å². The van der Waals surface area contributed by atoms with Gasteiger partial charge in [-0.25, -0.2) is 0 Å². The normalized spacial score (nSPS) is 11.9. The molecule has 0 saturated heterocycles. The number of hydrogen-bond acceptors (Lipinski definition) is 4. The number of aliphatic hydroxyl groups is 1. The van der Waals surface area contributed by atoms with Gasteiger partial charge in [-0.2, -0.15) is 0 Å². The molecule has 2 rings (SSSR count). The largest absolute Gasteiger partial charge is 0.394 e. The van der Waals surface area contributed by atoms with E-state index in [4.69, 9.17) is 11.6 Å². The Bertz CT molecular complexity index is 620. The van der Waals surface area contributed by atoms with E-state index < -0.39 is 4.92 Å². The summed E-state index contributed by atoms with van der Waals surface area (Å²) in [6.07, 6.45) is 0.557. The third-order valence-corrected chi connectivity index (χ3v) is 3.30. The van der Waals surface area contributed by atoms with E-state index in [9.17, 15) is 15.2 Å². The minimum absolute atomic E-state index is 0.0640. The molecule has 0 amide bonds. The zero-order chi connectivity index (χ0) is 15.2. The van der Waals surface area contributed by atoms with Crippen molar-refractivity contribution in [2.75, 3.05) is 11.9 Å². The predicted molar refractivity (Wildman–Crippen MR) is 82.7 cm³/mol. The highest BCUT2D eigenvalue weighted by atomic mass is 35.5. The first kappa shape index (κ1) is 15.3. The lowest BCUT2D eigenvalue weighted by Crippen LogP contribution is -2.26. The average Bonchev–Trinajstić information content (AvgIpc) is 2.47. The van der Waals surface area contributed by atoms with Crippen LogP contribution in [0.25, 0.3) is 0 Å². The third-order valence-electron chi connectivity index (χ3n) is 3.06. The lowest BCUT2D eigenvalue weighted by atomic mass is 10.1. The number of aliphatic hydroxyl groups excluding tert-OH is 1. The van der Waals surface area contributed by atoms with Crippen molar-refractivity contribution in [1.29, 1.82) is 0 Å². The zero-order valence-electron chi connectivity index (χ0n) is 11.2. The summed E-state index contributed by atoms with van der Waals surface area (Å²) < 4.78 is 0. The van der Waals surface area contributed by atoms with Gasteiger partial charge < -0.3 is 10.4 Å². The van der Waals surface area contributed by atoms with Gasteiger partial charge in [0.05, 0.1) is 17.6 Å². The number of halogens is 1. The summed E-state index contributed by atoms with van der Waals surface area (Å²) in [4.78, 5) is 10.5. The fourth-order valence-electron chi connectivity index (χ4n) is 2.06. The lowest BCUT2D eigenvalue weighted by Gasteiger charge is -2.18. The first-order valence-corrected chi connectivity index (χ1v) is 6.83. The highest BCUT2D eigenvalue weighted by molar-refractivity contribution is 6.31. The van der Waals surface area contributed by atoms with Crippen LogP contribution in [0.3, 0.4) is 0 Å². The van der Waals surface area contributed by atoms with Crippen LogP contribution in [0.5, 0.6) is 0 Å². The molecule has 0 aliphatic rings. The number of nitrogens with one attached hydrogen (secondary N) is 1. The van der Waals surface area contributed by atoms with Gasteiger partial charge in [-0.3, -0.25) is 10.1 Å². The number of rotatable bonds is 6. The zero-order valence-corrected chi connectivity index (χ0v) is 12.0. The number of nitrogens with zero attached hydrogens (tertiary/aromatic N) is 1. The molecule has 1 atom stereocenters.